The summed E-state index contributed by atoms with van der Waals surface area (Å²) in [6.45, 7) is 1.77. The van der Waals surface area contributed by atoms with E-state index in [1.807, 2.05) is 0 Å². The third-order valence-electron chi connectivity index (χ3n) is 2.70. The highest BCUT2D eigenvalue weighted by Crippen LogP contribution is 2.27. The van der Waals surface area contributed by atoms with E-state index in [-0.39, 0.29) is 10.6 Å². The Bertz CT molecular complexity index is 763. The van der Waals surface area contributed by atoms with E-state index in [0.717, 1.165) is 5.56 Å². The van der Waals surface area contributed by atoms with E-state index in [2.05, 4.69) is 20.7 Å². The van der Waals surface area contributed by atoms with Crippen LogP contribution in [0.25, 0.3) is 0 Å². The molecule has 2 aromatic carbocycles. The molecule has 0 bridgehead atoms. The van der Waals surface area contributed by atoms with Crippen molar-refractivity contribution in [1.82, 2.24) is 0 Å². The van der Waals surface area contributed by atoms with Crippen LogP contribution in [0.5, 0.6) is 0 Å². The van der Waals surface area contributed by atoms with Gasteiger partial charge in [-0.1, -0.05) is 27.5 Å². The Morgan fingerprint density at radius 1 is 1.20 bits per heavy atom. The number of nitrogens with two attached hydrogens (primary N) is 1. The molecule has 4 nitrogen and oxygen atoms in total. The highest BCUT2D eigenvalue weighted by atomic mass is 79.9. The lowest BCUT2D eigenvalue weighted by atomic mass is 10.2. The monoisotopic (exact) mass is 374 g/mol. The van der Waals surface area contributed by atoms with E-state index >= 15 is 0 Å². The van der Waals surface area contributed by atoms with Crippen LogP contribution in [-0.4, -0.2) is 8.42 Å². The van der Waals surface area contributed by atoms with Gasteiger partial charge >= 0.3 is 0 Å². The van der Waals surface area contributed by atoms with Crippen LogP contribution in [0.15, 0.2) is 45.8 Å². The second kappa shape index (κ2) is 5.63. The molecule has 0 aliphatic rings. The van der Waals surface area contributed by atoms with Crippen LogP contribution in [0.4, 0.5) is 11.4 Å². The molecule has 2 aromatic rings. The van der Waals surface area contributed by atoms with Gasteiger partial charge in [-0.05, 0) is 48.9 Å². The number of halogens is 2. The van der Waals surface area contributed by atoms with E-state index in [0.29, 0.717) is 15.2 Å². The smallest absolute Gasteiger partial charge is 0.263 e. The Morgan fingerprint density at radius 2 is 1.90 bits per heavy atom. The molecule has 0 aliphatic carbocycles. The minimum absolute atomic E-state index is 0.0289. The van der Waals surface area contributed by atoms with Gasteiger partial charge in [0.2, 0.25) is 0 Å². The van der Waals surface area contributed by atoms with E-state index in [1.165, 1.54) is 12.1 Å². The number of rotatable bonds is 3. The second-order valence-electron chi connectivity index (χ2n) is 4.25. The number of nitrogen functional groups attached to an aromatic ring is 1. The number of nitrogens with one attached hydrogen (secondary N) is 1. The van der Waals surface area contributed by atoms with Gasteiger partial charge in [-0.25, -0.2) is 8.42 Å². The van der Waals surface area contributed by atoms with Crippen molar-refractivity contribution in [2.75, 3.05) is 10.5 Å². The topological polar surface area (TPSA) is 72.2 Å². The van der Waals surface area contributed by atoms with Gasteiger partial charge in [0.15, 0.2) is 0 Å². The van der Waals surface area contributed by atoms with Crippen LogP contribution < -0.4 is 10.5 Å². The largest absolute Gasteiger partial charge is 0.398 e. The van der Waals surface area contributed by atoms with Gasteiger partial charge in [0.05, 0.1) is 11.4 Å². The van der Waals surface area contributed by atoms with Gasteiger partial charge in [-0.15, -0.1) is 0 Å². The minimum atomic E-state index is -3.75. The summed E-state index contributed by atoms with van der Waals surface area (Å²) in [6, 6.07) is 9.60. The van der Waals surface area contributed by atoms with Crippen LogP contribution in [-0.2, 0) is 10.0 Å². The fraction of sp³-hybridized carbons (Fsp3) is 0.0769. The molecule has 0 fully saturated rings. The Labute approximate surface area is 131 Å². The molecule has 0 atom stereocenters. The molecule has 0 spiro atoms. The molecule has 3 N–H and O–H groups in total. The highest BCUT2D eigenvalue weighted by molar-refractivity contribution is 9.10. The molecular formula is C13H12BrClN2O2S. The first-order valence-electron chi connectivity index (χ1n) is 5.63. The summed E-state index contributed by atoms with van der Waals surface area (Å²) in [4.78, 5) is 0.0289. The summed E-state index contributed by atoms with van der Waals surface area (Å²) < 4.78 is 27.9. The molecule has 0 amide bonds. The molecule has 20 heavy (non-hydrogen) atoms. The van der Waals surface area contributed by atoms with Crippen molar-refractivity contribution in [2.45, 2.75) is 11.8 Å². The van der Waals surface area contributed by atoms with Crippen LogP contribution in [0.1, 0.15) is 5.56 Å². The fourth-order valence-electron chi connectivity index (χ4n) is 1.68. The van der Waals surface area contributed by atoms with Gasteiger partial charge in [0.25, 0.3) is 10.0 Å². The number of sulfonamides is 1. The maximum absolute atomic E-state index is 12.4. The molecular weight excluding hydrogens is 364 g/mol. The quantitative estimate of drug-likeness (QED) is 0.802. The summed E-state index contributed by atoms with van der Waals surface area (Å²) in [7, 11) is -3.75. The molecule has 0 radical (unpaired) electrons. The zero-order valence-corrected chi connectivity index (χ0v) is 13.7. The molecule has 0 aliphatic heterocycles. The van der Waals surface area contributed by atoms with Crippen molar-refractivity contribution in [3.63, 3.8) is 0 Å². The van der Waals surface area contributed by atoms with Crippen LogP contribution >= 0.6 is 27.5 Å². The first kappa shape index (κ1) is 15.2. The third kappa shape index (κ3) is 3.26. The predicted molar refractivity (Wildman–Crippen MR) is 85.6 cm³/mol. The zero-order valence-electron chi connectivity index (χ0n) is 10.5. The van der Waals surface area contributed by atoms with Crippen molar-refractivity contribution >= 4 is 48.9 Å². The SMILES string of the molecule is Cc1cc(Cl)ccc1NS(=O)(=O)c1cc(Br)ccc1N. The molecule has 0 unspecified atom stereocenters. The molecule has 0 aromatic heterocycles. The number of hydrogen-bond donors (Lipinski definition) is 2. The number of hydrogen-bond acceptors (Lipinski definition) is 3. The van der Waals surface area contributed by atoms with Gasteiger partial charge in [0.1, 0.15) is 4.90 Å². The maximum Gasteiger partial charge on any atom is 0.263 e. The number of aryl methyl sites for hydroxylation is 1. The molecule has 106 valence electrons. The average molecular weight is 376 g/mol. The Kier molecular flexibility index (Phi) is 4.27. The van der Waals surface area contributed by atoms with Crippen LogP contribution in [0, 0.1) is 6.92 Å². The van der Waals surface area contributed by atoms with E-state index < -0.39 is 10.0 Å². The van der Waals surface area contributed by atoms with Crippen molar-refractivity contribution in [2.24, 2.45) is 0 Å². The zero-order chi connectivity index (χ0) is 14.9. The first-order chi connectivity index (χ1) is 9.29. The average Bonchev–Trinajstić information content (AvgIpc) is 2.35. The molecule has 0 heterocycles. The summed E-state index contributed by atoms with van der Waals surface area (Å²) in [6.07, 6.45) is 0. The summed E-state index contributed by atoms with van der Waals surface area (Å²) in [5.74, 6) is 0. The van der Waals surface area contributed by atoms with Crippen molar-refractivity contribution < 1.29 is 8.42 Å². The van der Waals surface area contributed by atoms with Crippen LogP contribution in [0.3, 0.4) is 0 Å². The van der Waals surface area contributed by atoms with E-state index in [9.17, 15) is 8.42 Å². The first-order valence-corrected chi connectivity index (χ1v) is 8.29. The molecule has 2 rings (SSSR count). The van der Waals surface area contributed by atoms with Gasteiger partial charge in [-0.2, -0.15) is 0 Å². The lowest BCUT2D eigenvalue weighted by molar-refractivity contribution is 0.601. The predicted octanol–water partition coefficient (Wildman–Crippen LogP) is 3.79. The second-order valence-corrected chi connectivity index (χ2v) is 7.25. The Balaban J connectivity index is 2.43. The van der Waals surface area contributed by atoms with Crippen molar-refractivity contribution in [3.8, 4) is 0 Å². The summed E-state index contributed by atoms with van der Waals surface area (Å²) in [5.41, 5.74) is 7.12. The van der Waals surface area contributed by atoms with Gasteiger partial charge in [0, 0.05) is 9.50 Å². The number of anilines is 2. The fourth-order valence-corrected chi connectivity index (χ4v) is 3.71. The molecule has 0 saturated carbocycles. The number of benzene rings is 2. The van der Waals surface area contributed by atoms with Crippen molar-refractivity contribution in [1.29, 1.82) is 0 Å². The minimum Gasteiger partial charge on any atom is -0.398 e. The Hall–Kier alpha value is -1.24. The highest BCUT2D eigenvalue weighted by Gasteiger charge is 2.18. The van der Waals surface area contributed by atoms with E-state index in [4.69, 9.17) is 17.3 Å². The van der Waals surface area contributed by atoms with Crippen LogP contribution in [0.2, 0.25) is 5.02 Å². The summed E-state index contributed by atoms with van der Waals surface area (Å²) >= 11 is 9.08. The Morgan fingerprint density at radius 3 is 2.55 bits per heavy atom. The van der Waals surface area contributed by atoms with Gasteiger partial charge < -0.3 is 5.73 Å². The summed E-state index contributed by atoms with van der Waals surface area (Å²) in [5, 5.41) is 0.549. The lowest BCUT2D eigenvalue weighted by Gasteiger charge is -2.12. The van der Waals surface area contributed by atoms with Crippen molar-refractivity contribution in [3.05, 3.63) is 51.5 Å². The third-order valence-corrected chi connectivity index (χ3v) is 4.85. The standard InChI is InChI=1S/C13H12BrClN2O2S/c1-8-6-10(15)3-5-12(8)17-20(18,19)13-7-9(14)2-4-11(13)16/h2-7,17H,16H2,1H3. The molecule has 0 saturated heterocycles. The lowest BCUT2D eigenvalue weighted by Crippen LogP contribution is -2.15. The van der Waals surface area contributed by atoms with E-state index in [1.54, 1.807) is 31.2 Å². The van der Waals surface area contributed by atoms with Gasteiger partial charge in [-0.3, -0.25) is 4.72 Å². The normalized spacial score (nSPS) is 11.3. The molecule has 7 heteroatoms. The maximum atomic E-state index is 12.4.